The molecule has 0 radical (unpaired) electrons. The van der Waals surface area contributed by atoms with Crippen molar-refractivity contribution in [1.29, 1.82) is 0 Å². The Balaban J connectivity index is 1.64. The van der Waals surface area contributed by atoms with Crippen molar-refractivity contribution in [2.24, 2.45) is 5.73 Å². The first-order chi connectivity index (χ1) is 16.9. The fourth-order valence-electron chi connectivity index (χ4n) is 4.29. The number of piperidine rings is 1. The third-order valence-electron chi connectivity index (χ3n) is 6.19. The van der Waals surface area contributed by atoms with Gasteiger partial charge in [-0.2, -0.15) is 0 Å². The van der Waals surface area contributed by atoms with Crippen LogP contribution in [0.15, 0.2) is 59.3 Å². The molecule has 35 heavy (non-hydrogen) atoms. The van der Waals surface area contributed by atoms with E-state index in [0.717, 1.165) is 27.9 Å². The van der Waals surface area contributed by atoms with Crippen molar-refractivity contribution in [3.8, 4) is 22.5 Å². The summed E-state index contributed by atoms with van der Waals surface area (Å²) in [5, 5.41) is 13.5. The molecule has 8 nitrogen and oxygen atoms in total. The monoisotopic (exact) mass is 475 g/mol. The van der Waals surface area contributed by atoms with E-state index in [1.165, 1.54) is 18.5 Å². The number of carbonyl (C=O) groups is 1. The maximum atomic E-state index is 13.8. The van der Waals surface area contributed by atoms with E-state index in [2.05, 4.69) is 20.2 Å². The van der Waals surface area contributed by atoms with Gasteiger partial charge < -0.3 is 25.5 Å². The van der Waals surface area contributed by atoms with Crippen LogP contribution in [0.5, 0.6) is 0 Å². The molecule has 0 spiro atoms. The summed E-state index contributed by atoms with van der Waals surface area (Å²) in [6, 6.07) is 12.8. The normalized spacial score (nSPS) is 15.4. The zero-order chi connectivity index (χ0) is 24.5. The lowest BCUT2D eigenvalue weighted by molar-refractivity contribution is -0.117. The van der Waals surface area contributed by atoms with Crippen LogP contribution in [-0.4, -0.2) is 46.2 Å². The van der Waals surface area contributed by atoms with Gasteiger partial charge in [-0.3, -0.25) is 4.79 Å². The Morgan fingerprint density at radius 2 is 1.77 bits per heavy atom. The first-order valence-corrected chi connectivity index (χ1v) is 11.5. The highest BCUT2D eigenvalue weighted by Gasteiger charge is 2.26. The number of hydrogen-bond donors (Lipinski definition) is 3. The second-order valence-electron chi connectivity index (χ2n) is 8.76. The molecule has 180 valence electrons. The molecule has 1 aliphatic heterocycles. The average molecular weight is 476 g/mol. The second kappa shape index (κ2) is 9.44. The molecule has 1 fully saturated rings. The van der Waals surface area contributed by atoms with Gasteiger partial charge >= 0.3 is 0 Å². The molecule has 5 rings (SSSR count). The van der Waals surface area contributed by atoms with Crippen LogP contribution in [-0.2, 0) is 4.79 Å². The number of halogens is 1. The third kappa shape index (κ3) is 4.60. The van der Waals surface area contributed by atoms with E-state index in [1.54, 1.807) is 31.2 Å². The minimum absolute atomic E-state index is 0.278. The van der Waals surface area contributed by atoms with Crippen LogP contribution in [0.2, 0.25) is 0 Å². The molecular formula is C26H26FN5O3. The number of rotatable bonds is 5. The number of nitrogens with one attached hydrogen (secondary N) is 1. The zero-order valence-electron chi connectivity index (χ0n) is 19.2. The van der Waals surface area contributed by atoms with Crippen molar-refractivity contribution < 1.29 is 18.7 Å². The average Bonchev–Trinajstić information content (AvgIpc) is 3.25. The topological polar surface area (TPSA) is 118 Å². The van der Waals surface area contributed by atoms with E-state index in [-0.39, 0.29) is 17.8 Å². The van der Waals surface area contributed by atoms with Gasteiger partial charge in [0.2, 0.25) is 11.6 Å². The molecule has 1 saturated heterocycles. The van der Waals surface area contributed by atoms with Crippen molar-refractivity contribution in [2.75, 3.05) is 23.3 Å². The molecule has 9 heteroatoms. The van der Waals surface area contributed by atoms with Crippen LogP contribution in [0, 0.1) is 5.82 Å². The molecule has 1 amide bonds. The first-order valence-electron chi connectivity index (χ1n) is 11.5. The maximum absolute atomic E-state index is 13.8. The summed E-state index contributed by atoms with van der Waals surface area (Å²) in [7, 11) is 0. The number of anilines is 2. The number of aliphatic hydroxyl groups is 1. The van der Waals surface area contributed by atoms with Gasteiger partial charge in [0.25, 0.3) is 0 Å². The number of aromatic nitrogens is 2. The smallest absolute Gasteiger partial charge is 0.240 e. The molecular weight excluding hydrogens is 449 g/mol. The Morgan fingerprint density at radius 3 is 2.43 bits per heavy atom. The van der Waals surface area contributed by atoms with Crippen molar-refractivity contribution in [1.82, 2.24) is 9.97 Å². The quantitative estimate of drug-likeness (QED) is 0.400. The first kappa shape index (κ1) is 22.9. The number of amides is 1. The molecule has 4 N–H and O–H groups in total. The summed E-state index contributed by atoms with van der Waals surface area (Å²) in [4.78, 5) is 23.0. The summed E-state index contributed by atoms with van der Waals surface area (Å²) in [5.74, 6) is 0.673. The summed E-state index contributed by atoms with van der Waals surface area (Å²) < 4.78 is 20.0. The number of nitrogens with zero attached hydrogens (tertiary/aromatic N) is 3. The lowest BCUT2D eigenvalue weighted by Crippen LogP contribution is -2.36. The molecule has 1 atom stereocenters. The van der Waals surface area contributed by atoms with Crippen LogP contribution in [0.1, 0.15) is 19.8 Å². The SMILES string of the molecule is C[C@H](N)C(=O)Nc1ccc(-c2oc3ncnc(N4CCC(O)CC4)c3c2-c2ccc(F)cc2)cc1. The Kier molecular flexibility index (Phi) is 6.19. The van der Waals surface area contributed by atoms with E-state index >= 15 is 0 Å². The van der Waals surface area contributed by atoms with Crippen LogP contribution in [0.4, 0.5) is 15.9 Å². The van der Waals surface area contributed by atoms with Gasteiger partial charge in [0.1, 0.15) is 23.7 Å². The Labute approximate surface area is 201 Å². The van der Waals surface area contributed by atoms with Crippen LogP contribution >= 0.6 is 0 Å². The number of nitrogens with two attached hydrogens (primary N) is 1. The summed E-state index contributed by atoms with van der Waals surface area (Å²) in [6.07, 6.45) is 2.45. The third-order valence-corrected chi connectivity index (χ3v) is 6.19. The molecule has 3 heterocycles. The molecule has 0 saturated carbocycles. The van der Waals surface area contributed by atoms with Crippen molar-refractivity contribution in [3.05, 3.63) is 60.7 Å². The van der Waals surface area contributed by atoms with E-state index < -0.39 is 6.04 Å². The van der Waals surface area contributed by atoms with E-state index in [1.807, 2.05) is 12.1 Å². The minimum atomic E-state index is -0.622. The van der Waals surface area contributed by atoms with Gasteiger partial charge in [0.15, 0.2) is 0 Å². The molecule has 0 aliphatic carbocycles. The summed E-state index contributed by atoms with van der Waals surface area (Å²) in [5.41, 5.74) is 8.97. The lowest BCUT2D eigenvalue weighted by atomic mass is 9.98. The largest absolute Gasteiger partial charge is 0.437 e. The number of fused-ring (bicyclic) bond motifs is 1. The molecule has 1 aliphatic rings. The highest BCUT2D eigenvalue weighted by molar-refractivity contribution is 6.06. The fraction of sp³-hybridized carbons (Fsp3) is 0.269. The maximum Gasteiger partial charge on any atom is 0.240 e. The zero-order valence-corrected chi connectivity index (χ0v) is 19.2. The van der Waals surface area contributed by atoms with E-state index in [4.69, 9.17) is 10.2 Å². The van der Waals surface area contributed by atoms with Gasteiger partial charge in [-0.1, -0.05) is 12.1 Å². The van der Waals surface area contributed by atoms with Gasteiger partial charge in [-0.05, 0) is 61.7 Å². The van der Waals surface area contributed by atoms with Gasteiger partial charge in [-0.25, -0.2) is 14.4 Å². The molecule has 4 aromatic rings. The molecule has 0 unspecified atom stereocenters. The van der Waals surface area contributed by atoms with Gasteiger partial charge in [0.05, 0.1) is 17.5 Å². The Bertz CT molecular complexity index is 1340. The number of hydrogen-bond acceptors (Lipinski definition) is 7. The number of furan rings is 1. The molecule has 0 bridgehead atoms. The highest BCUT2D eigenvalue weighted by Crippen LogP contribution is 2.44. The lowest BCUT2D eigenvalue weighted by Gasteiger charge is -2.30. The second-order valence-corrected chi connectivity index (χ2v) is 8.76. The van der Waals surface area contributed by atoms with Crippen molar-refractivity contribution in [3.63, 3.8) is 0 Å². The summed E-state index contributed by atoms with van der Waals surface area (Å²) in [6.45, 7) is 2.93. The van der Waals surface area contributed by atoms with Crippen LogP contribution < -0.4 is 16.0 Å². The highest BCUT2D eigenvalue weighted by atomic mass is 19.1. The fourth-order valence-corrected chi connectivity index (χ4v) is 4.29. The minimum Gasteiger partial charge on any atom is -0.437 e. The van der Waals surface area contributed by atoms with Crippen LogP contribution in [0.25, 0.3) is 33.6 Å². The van der Waals surface area contributed by atoms with Gasteiger partial charge in [0, 0.05) is 29.9 Å². The number of benzene rings is 2. The van der Waals surface area contributed by atoms with Crippen molar-refractivity contribution in [2.45, 2.75) is 31.9 Å². The predicted molar refractivity (Wildman–Crippen MR) is 132 cm³/mol. The predicted octanol–water partition coefficient (Wildman–Crippen LogP) is 3.94. The number of aliphatic hydroxyl groups excluding tert-OH is 1. The Morgan fingerprint density at radius 1 is 1.11 bits per heavy atom. The van der Waals surface area contributed by atoms with E-state index in [0.29, 0.717) is 43.1 Å². The van der Waals surface area contributed by atoms with Gasteiger partial charge in [-0.15, -0.1) is 0 Å². The van der Waals surface area contributed by atoms with E-state index in [9.17, 15) is 14.3 Å². The van der Waals surface area contributed by atoms with Crippen LogP contribution in [0.3, 0.4) is 0 Å². The summed E-state index contributed by atoms with van der Waals surface area (Å²) >= 11 is 0. The Hall–Kier alpha value is -3.82. The molecule has 2 aromatic carbocycles. The molecule has 2 aromatic heterocycles. The standard InChI is InChI=1S/C26H26FN5O3/c1-15(28)25(34)31-19-8-4-17(5-9-19)23-21(16-2-6-18(27)7-3-16)22-24(29-14-30-26(22)35-23)32-12-10-20(33)11-13-32/h2-9,14-15,20,33H,10-13,28H2,1H3,(H,31,34)/t15-/m0/s1. The number of carbonyl (C=O) groups excluding carboxylic acids is 1. The van der Waals surface area contributed by atoms with Crippen molar-refractivity contribution >= 4 is 28.5 Å².